The van der Waals surface area contributed by atoms with Gasteiger partial charge in [0.15, 0.2) is 0 Å². The van der Waals surface area contributed by atoms with Gasteiger partial charge in [0.05, 0.1) is 0 Å². The summed E-state index contributed by atoms with van der Waals surface area (Å²) in [6, 6.07) is 6.72. The first-order chi connectivity index (χ1) is 9.20. The molecular formula is C16H23FN2. The van der Waals surface area contributed by atoms with Gasteiger partial charge in [-0.15, -0.1) is 0 Å². The van der Waals surface area contributed by atoms with Crippen molar-refractivity contribution in [2.75, 3.05) is 13.1 Å². The smallest absolute Gasteiger partial charge is 0.126 e. The molecule has 1 saturated carbocycles. The van der Waals surface area contributed by atoms with Crippen LogP contribution in [0.5, 0.6) is 0 Å². The van der Waals surface area contributed by atoms with Crippen molar-refractivity contribution in [3.05, 3.63) is 35.1 Å². The number of benzene rings is 1. The van der Waals surface area contributed by atoms with E-state index in [1.165, 1.54) is 37.8 Å². The first-order valence-corrected chi connectivity index (χ1v) is 7.42. The SMILES string of the molecule is Cc1cc(C2C(CN)CCCN2C2CC2)ccc1F. The molecule has 1 aromatic rings. The summed E-state index contributed by atoms with van der Waals surface area (Å²) in [7, 11) is 0. The summed E-state index contributed by atoms with van der Waals surface area (Å²) in [4.78, 5) is 2.62. The minimum Gasteiger partial charge on any atom is -0.330 e. The van der Waals surface area contributed by atoms with Gasteiger partial charge in [0.25, 0.3) is 0 Å². The number of aryl methyl sites for hydroxylation is 1. The number of nitrogens with two attached hydrogens (primary N) is 1. The number of piperidine rings is 1. The third-order valence-corrected chi connectivity index (χ3v) is 4.64. The zero-order valence-corrected chi connectivity index (χ0v) is 11.6. The van der Waals surface area contributed by atoms with Gasteiger partial charge >= 0.3 is 0 Å². The van der Waals surface area contributed by atoms with E-state index in [2.05, 4.69) is 4.90 Å². The van der Waals surface area contributed by atoms with Crippen molar-refractivity contribution in [3.63, 3.8) is 0 Å². The summed E-state index contributed by atoms with van der Waals surface area (Å²) in [6.45, 7) is 3.74. The lowest BCUT2D eigenvalue weighted by molar-refractivity contribution is 0.0879. The van der Waals surface area contributed by atoms with Crippen molar-refractivity contribution in [2.45, 2.75) is 44.7 Å². The highest BCUT2D eigenvalue weighted by Gasteiger charge is 2.39. The van der Waals surface area contributed by atoms with Gasteiger partial charge in [0.2, 0.25) is 0 Å². The van der Waals surface area contributed by atoms with Crippen molar-refractivity contribution in [2.24, 2.45) is 11.7 Å². The molecule has 2 unspecified atom stereocenters. The predicted molar refractivity (Wildman–Crippen MR) is 75.4 cm³/mol. The number of halogens is 1. The second-order valence-electron chi connectivity index (χ2n) is 6.06. The van der Waals surface area contributed by atoms with Crippen molar-refractivity contribution in [3.8, 4) is 0 Å². The Kier molecular flexibility index (Phi) is 3.59. The maximum absolute atomic E-state index is 13.5. The number of rotatable bonds is 3. The molecule has 0 spiro atoms. The summed E-state index contributed by atoms with van der Waals surface area (Å²) < 4.78 is 13.5. The minimum atomic E-state index is -0.109. The monoisotopic (exact) mass is 262 g/mol. The van der Waals surface area contributed by atoms with E-state index in [-0.39, 0.29) is 5.82 Å². The van der Waals surface area contributed by atoms with Crippen molar-refractivity contribution in [1.82, 2.24) is 4.90 Å². The fourth-order valence-corrected chi connectivity index (χ4v) is 3.48. The van der Waals surface area contributed by atoms with Crippen LogP contribution in [-0.2, 0) is 0 Å². The Labute approximate surface area is 114 Å². The molecule has 0 bridgehead atoms. The molecule has 1 aliphatic carbocycles. The zero-order chi connectivity index (χ0) is 13.4. The van der Waals surface area contributed by atoms with E-state index in [1.54, 1.807) is 6.07 Å². The lowest BCUT2D eigenvalue weighted by atomic mass is 9.84. The highest BCUT2D eigenvalue weighted by molar-refractivity contribution is 5.28. The molecule has 2 nitrogen and oxygen atoms in total. The van der Waals surface area contributed by atoms with Crippen molar-refractivity contribution in [1.29, 1.82) is 0 Å². The Morgan fingerprint density at radius 3 is 2.74 bits per heavy atom. The number of likely N-dealkylation sites (tertiary alicyclic amines) is 1. The Morgan fingerprint density at radius 2 is 2.11 bits per heavy atom. The van der Waals surface area contributed by atoms with E-state index in [4.69, 9.17) is 5.73 Å². The maximum atomic E-state index is 13.5. The molecule has 0 radical (unpaired) electrons. The second-order valence-corrected chi connectivity index (χ2v) is 6.06. The van der Waals surface area contributed by atoms with Crippen LogP contribution in [0.4, 0.5) is 4.39 Å². The van der Waals surface area contributed by atoms with Gasteiger partial charge in [-0.25, -0.2) is 4.39 Å². The van der Waals surface area contributed by atoms with Crippen LogP contribution in [0.15, 0.2) is 18.2 Å². The van der Waals surface area contributed by atoms with E-state index in [1.807, 2.05) is 19.1 Å². The van der Waals surface area contributed by atoms with Crippen molar-refractivity contribution < 1.29 is 4.39 Å². The molecule has 3 rings (SSSR count). The third kappa shape index (κ3) is 2.54. The summed E-state index contributed by atoms with van der Waals surface area (Å²) in [6.07, 6.45) is 5.07. The Balaban J connectivity index is 1.93. The molecular weight excluding hydrogens is 239 g/mol. The molecule has 1 aromatic carbocycles. The normalized spacial score (nSPS) is 28.6. The lowest BCUT2D eigenvalue weighted by Crippen LogP contribution is -2.42. The quantitative estimate of drug-likeness (QED) is 0.907. The van der Waals surface area contributed by atoms with E-state index in [9.17, 15) is 4.39 Å². The molecule has 19 heavy (non-hydrogen) atoms. The molecule has 2 aliphatic rings. The Hall–Kier alpha value is -0.930. The van der Waals surface area contributed by atoms with Crippen molar-refractivity contribution >= 4 is 0 Å². The van der Waals surface area contributed by atoms with Crippen LogP contribution >= 0.6 is 0 Å². The summed E-state index contributed by atoms with van der Waals surface area (Å²) in [5.41, 5.74) is 7.98. The van der Waals surface area contributed by atoms with Crippen LogP contribution in [0, 0.1) is 18.7 Å². The largest absolute Gasteiger partial charge is 0.330 e. The Bertz CT molecular complexity index is 456. The van der Waals surface area contributed by atoms with Gasteiger partial charge in [-0.2, -0.15) is 0 Å². The highest BCUT2D eigenvalue weighted by atomic mass is 19.1. The van der Waals surface area contributed by atoms with Crippen LogP contribution in [-0.4, -0.2) is 24.0 Å². The van der Waals surface area contributed by atoms with Crippen LogP contribution in [0.25, 0.3) is 0 Å². The summed E-state index contributed by atoms with van der Waals surface area (Å²) in [5.74, 6) is 0.404. The van der Waals surface area contributed by atoms with E-state index in [0.29, 0.717) is 12.0 Å². The number of nitrogens with zero attached hydrogens (tertiary/aromatic N) is 1. The van der Waals surface area contributed by atoms with Crippen LogP contribution in [0.3, 0.4) is 0 Å². The zero-order valence-electron chi connectivity index (χ0n) is 11.6. The standard InChI is InChI=1S/C16H23FN2/c1-11-9-12(4-7-15(11)17)16-13(10-18)3-2-8-19(16)14-5-6-14/h4,7,9,13-14,16H,2-3,5-6,8,10,18H2,1H3. The second kappa shape index (κ2) is 5.22. The minimum absolute atomic E-state index is 0.109. The molecule has 0 aromatic heterocycles. The number of hydrogen-bond acceptors (Lipinski definition) is 2. The van der Waals surface area contributed by atoms with Gasteiger partial charge in [0.1, 0.15) is 5.82 Å². The van der Waals surface area contributed by atoms with Crippen LogP contribution in [0.2, 0.25) is 0 Å². The Morgan fingerprint density at radius 1 is 1.32 bits per heavy atom. The molecule has 1 heterocycles. The summed E-state index contributed by atoms with van der Waals surface area (Å²) in [5, 5.41) is 0. The first-order valence-electron chi connectivity index (χ1n) is 7.42. The predicted octanol–water partition coefficient (Wildman–Crippen LogP) is 3.01. The van der Waals surface area contributed by atoms with E-state index >= 15 is 0 Å². The molecule has 3 heteroatoms. The van der Waals surface area contributed by atoms with E-state index in [0.717, 1.165) is 18.2 Å². The lowest BCUT2D eigenvalue weighted by Gasteiger charge is -2.41. The average molecular weight is 262 g/mol. The number of hydrogen-bond donors (Lipinski definition) is 1. The van der Waals surface area contributed by atoms with Gasteiger partial charge in [0, 0.05) is 12.1 Å². The third-order valence-electron chi connectivity index (χ3n) is 4.64. The summed E-state index contributed by atoms with van der Waals surface area (Å²) >= 11 is 0. The molecule has 1 aliphatic heterocycles. The fourth-order valence-electron chi connectivity index (χ4n) is 3.48. The molecule has 2 fully saturated rings. The van der Waals surface area contributed by atoms with Gasteiger partial charge in [-0.05, 0) is 68.8 Å². The maximum Gasteiger partial charge on any atom is 0.126 e. The average Bonchev–Trinajstić information content (AvgIpc) is 3.25. The van der Waals surface area contributed by atoms with Gasteiger partial charge < -0.3 is 5.73 Å². The van der Waals surface area contributed by atoms with Crippen LogP contribution < -0.4 is 5.73 Å². The van der Waals surface area contributed by atoms with Crippen LogP contribution in [0.1, 0.15) is 42.9 Å². The molecule has 0 amide bonds. The molecule has 2 atom stereocenters. The highest BCUT2D eigenvalue weighted by Crippen LogP contribution is 2.42. The van der Waals surface area contributed by atoms with Gasteiger partial charge in [-0.1, -0.05) is 12.1 Å². The topological polar surface area (TPSA) is 29.3 Å². The molecule has 2 N–H and O–H groups in total. The first kappa shape index (κ1) is 13.1. The fraction of sp³-hybridized carbons (Fsp3) is 0.625. The molecule has 104 valence electrons. The molecule has 1 saturated heterocycles. The van der Waals surface area contributed by atoms with E-state index < -0.39 is 0 Å². The van der Waals surface area contributed by atoms with Gasteiger partial charge in [-0.3, -0.25) is 4.90 Å².